The molecule has 0 spiro atoms. The second-order valence-corrected chi connectivity index (χ2v) is 6.66. The molecule has 0 aliphatic heterocycles. The van der Waals surface area contributed by atoms with Crippen molar-refractivity contribution in [3.05, 3.63) is 30.1 Å². The van der Waals surface area contributed by atoms with Crippen molar-refractivity contribution < 1.29 is 23.5 Å². The summed E-state index contributed by atoms with van der Waals surface area (Å²) < 4.78 is 23.4. The van der Waals surface area contributed by atoms with E-state index in [-0.39, 0.29) is 5.92 Å². The smallest absolute Gasteiger partial charge is 0.350 e. The molecule has 0 unspecified atom stereocenters. The Labute approximate surface area is 146 Å². The van der Waals surface area contributed by atoms with E-state index < -0.39 is 35.4 Å². The Morgan fingerprint density at radius 2 is 1.80 bits per heavy atom. The van der Waals surface area contributed by atoms with E-state index >= 15 is 0 Å². The van der Waals surface area contributed by atoms with Gasteiger partial charge in [0.15, 0.2) is 12.2 Å². The Morgan fingerprint density at radius 3 is 2.28 bits per heavy atom. The third-order valence-corrected chi connectivity index (χ3v) is 3.80. The van der Waals surface area contributed by atoms with Crippen LogP contribution in [0.25, 0.3) is 0 Å². The lowest BCUT2D eigenvalue weighted by molar-refractivity contribution is -0.162. The van der Waals surface area contributed by atoms with Crippen LogP contribution in [0, 0.1) is 23.1 Å². The van der Waals surface area contributed by atoms with E-state index in [4.69, 9.17) is 9.47 Å². The van der Waals surface area contributed by atoms with Gasteiger partial charge in [-0.1, -0.05) is 13.8 Å². The molecule has 1 N–H and O–H groups in total. The monoisotopic (exact) mass is 350 g/mol. The summed E-state index contributed by atoms with van der Waals surface area (Å²) in [7, 11) is 0. The SMILES string of the molecule is CC(C)[C@@](C)(C#N)NC(=O)COC(=O)C(C)(C)Oc1ccc(F)cc1. The summed E-state index contributed by atoms with van der Waals surface area (Å²) in [4.78, 5) is 24.1. The van der Waals surface area contributed by atoms with E-state index in [1.165, 1.54) is 38.1 Å². The number of ether oxygens (including phenoxy) is 2. The Bertz CT molecular complexity index is 665. The van der Waals surface area contributed by atoms with Gasteiger partial charge in [0.1, 0.15) is 17.1 Å². The maximum Gasteiger partial charge on any atom is 0.350 e. The molecule has 7 heteroatoms. The minimum atomic E-state index is -1.37. The molecule has 1 rings (SSSR count). The van der Waals surface area contributed by atoms with Gasteiger partial charge in [-0.3, -0.25) is 4.79 Å². The number of benzene rings is 1. The van der Waals surface area contributed by atoms with Gasteiger partial charge in [0.25, 0.3) is 5.91 Å². The zero-order valence-electron chi connectivity index (χ0n) is 15.1. The van der Waals surface area contributed by atoms with Crippen LogP contribution in [-0.4, -0.2) is 29.6 Å². The van der Waals surface area contributed by atoms with Crippen LogP contribution in [0.15, 0.2) is 24.3 Å². The van der Waals surface area contributed by atoms with Crippen LogP contribution in [0.5, 0.6) is 5.75 Å². The van der Waals surface area contributed by atoms with Gasteiger partial charge in [-0.2, -0.15) is 5.26 Å². The molecule has 0 aliphatic carbocycles. The Kier molecular flexibility index (Phi) is 6.51. The highest BCUT2D eigenvalue weighted by molar-refractivity contribution is 5.84. The average molecular weight is 350 g/mol. The number of hydrogen-bond donors (Lipinski definition) is 1. The minimum absolute atomic E-state index is 0.115. The molecule has 0 fully saturated rings. The van der Waals surface area contributed by atoms with Gasteiger partial charge in [-0.15, -0.1) is 0 Å². The standard InChI is InChI=1S/C18H23FN2O4/c1-12(2)18(5,11-20)21-15(22)10-24-16(23)17(3,4)25-14-8-6-13(19)7-9-14/h6-9,12H,10H2,1-5H3,(H,21,22)/t18-/m1/s1. The highest BCUT2D eigenvalue weighted by Crippen LogP contribution is 2.20. The molecule has 1 aromatic carbocycles. The fraction of sp³-hybridized carbons (Fsp3) is 0.500. The topological polar surface area (TPSA) is 88.4 Å². The van der Waals surface area contributed by atoms with Crippen LogP contribution in [0.2, 0.25) is 0 Å². The Balaban J connectivity index is 2.61. The van der Waals surface area contributed by atoms with Gasteiger partial charge in [-0.25, -0.2) is 9.18 Å². The molecule has 6 nitrogen and oxygen atoms in total. The maximum absolute atomic E-state index is 12.9. The van der Waals surface area contributed by atoms with Crippen molar-refractivity contribution in [2.24, 2.45) is 5.92 Å². The van der Waals surface area contributed by atoms with Crippen molar-refractivity contribution in [1.29, 1.82) is 5.26 Å². The summed E-state index contributed by atoms with van der Waals surface area (Å²) >= 11 is 0. The predicted octanol–water partition coefficient (Wildman–Crippen LogP) is 2.58. The van der Waals surface area contributed by atoms with Crippen molar-refractivity contribution in [1.82, 2.24) is 5.32 Å². The summed E-state index contributed by atoms with van der Waals surface area (Å²) in [6.45, 7) is 7.62. The van der Waals surface area contributed by atoms with E-state index in [0.717, 1.165) is 0 Å². The van der Waals surface area contributed by atoms with Crippen LogP contribution >= 0.6 is 0 Å². The summed E-state index contributed by atoms with van der Waals surface area (Å²) in [5.41, 5.74) is -2.42. The van der Waals surface area contributed by atoms with Gasteiger partial charge >= 0.3 is 5.97 Å². The Hall–Kier alpha value is -2.62. The molecule has 0 radical (unpaired) electrons. The zero-order chi connectivity index (χ0) is 19.3. The molecule has 0 aromatic heterocycles. The first-order chi connectivity index (χ1) is 11.5. The summed E-state index contributed by atoms with van der Waals surface area (Å²) in [5, 5.41) is 11.7. The van der Waals surface area contributed by atoms with Gasteiger partial charge in [0.05, 0.1) is 6.07 Å². The molecule has 1 atom stereocenters. The molecule has 0 bridgehead atoms. The third-order valence-electron chi connectivity index (χ3n) is 3.80. The van der Waals surface area contributed by atoms with E-state index in [0.29, 0.717) is 5.75 Å². The number of hydrogen-bond acceptors (Lipinski definition) is 5. The lowest BCUT2D eigenvalue weighted by Crippen LogP contribution is -2.50. The van der Waals surface area contributed by atoms with Crippen LogP contribution in [0.4, 0.5) is 4.39 Å². The van der Waals surface area contributed by atoms with E-state index in [2.05, 4.69) is 5.32 Å². The van der Waals surface area contributed by atoms with Crippen molar-refractivity contribution in [2.45, 2.75) is 45.8 Å². The highest BCUT2D eigenvalue weighted by Gasteiger charge is 2.34. The molecule has 25 heavy (non-hydrogen) atoms. The molecule has 0 saturated carbocycles. The van der Waals surface area contributed by atoms with E-state index in [1.807, 2.05) is 6.07 Å². The van der Waals surface area contributed by atoms with Gasteiger partial charge in [0.2, 0.25) is 0 Å². The van der Waals surface area contributed by atoms with Gasteiger partial charge < -0.3 is 14.8 Å². The third kappa shape index (κ3) is 5.75. The predicted molar refractivity (Wildman–Crippen MR) is 89.1 cm³/mol. The largest absolute Gasteiger partial charge is 0.476 e. The van der Waals surface area contributed by atoms with Crippen LogP contribution in [0.1, 0.15) is 34.6 Å². The number of amides is 1. The number of nitriles is 1. The minimum Gasteiger partial charge on any atom is -0.476 e. The maximum atomic E-state index is 12.9. The molecular weight excluding hydrogens is 327 g/mol. The molecule has 0 aliphatic rings. The van der Waals surface area contributed by atoms with E-state index in [1.54, 1.807) is 20.8 Å². The lowest BCUT2D eigenvalue weighted by Gasteiger charge is -2.28. The zero-order valence-corrected chi connectivity index (χ0v) is 15.1. The second kappa shape index (κ2) is 7.97. The second-order valence-electron chi connectivity index (χ2n) is 6.66. The fourth-order valence-corrected chi connectivity index (χ4v) is 1.77. The van der Waals surface area contributed by atoms with Gasteiger partial charge in [0, 0.05) is 0 Å². The fourth-order valence-electron chi connectivity index (χ4n) is 1.77. The lowest BCUT2D eigenvalue weighted by atomic mass is 9.90. The first-order valence-corrected chi connectivity index (χ1v) is 7.84. The van der Waals surface area contributed by atoms with Crippen LogP contribution in [-0.2, 0) is 14.3 Å². The van der Waals surface area contributed by atoms with Gasteiger partial charge in [-0.05, 0) is 51.0 Å². The first kappa shape index (κ1) is 20.4. The summed E-state index contributed by atoms with van der Waals surface area (Å²) in [6.07, 6.45) is 0. The van der Waals surface area contributed by atoms with Crippen LogP contribution < -0.4 is 10.1 Å². The van der Waals surface area contributed by atoms with Crippen molar-refractivity contribution >= 4 is 11.9 Å². The summed E-state index contributed by atoms with van der Waals surface area (Å²) in [5.74, 6) is -1.57. The Morgan fingerprint density at radius 1 is 1.24 bits per heavy atom. The summed E-state index contributed by atoms with van der Waals surface area (Å²) in [6, 6.07) is 7.22. The number of nitrogens with zero attached hydrogens (tertiary/aromatic N) is 1. The number of carbonyl (C=O) groups is 2. The van der Waals surface area contributed by atoms with E-state index in [9.17, 15) is 19.2 Å². The molecule has 1 amide bonds. The number of esters is 1. The van der Waals surface area contributed by atoms with Crippen molar-refractivity contribution in [3.8, 4) is 11.8 Å². The highest BCUT2D eigenvalue weighted by atomic mass is 19.1. The van der Waals surface area contributed by atoms with Crippen molar-refractivity contribution in [2.75, 3.05) is 6.61 Å². The number of rotatable bonds is 7. The molecule has 0 saturated heterocycles. The first-order valence-electron chi connectivity index (χ1n) is 7.84. The number of nitrogens with one attached hydrogen (secondary N) is 1. The molecule has 0 heterocycles. The molecule has 1 aromatic rings. The van der Waals surface area contributed by atoms with Crippen LogP contribution in [0.3, 0.4) is 0 Å². The number of halogens is 1. The molecular formula is C18H23FN2O4. The number of carbonyl (C=O) groups excluding carboxylic acids is 2. The average Bonchev–Trinajstić information content (AvgIpc) is 2.54. The quantitative estimate of drug-likeness (QED) is 0.764. The normalized spacial score (nSPS) is 13.5. The molecule has 136 valence electrons. The van der Waals surface area contributed by atoms with Crippen molar-refractivity contribution in [3.63, 3.8) is 0 Å².